The first-order valence-electron chi connectivity index (χ1n) is 10.8. The molecule has 0 saturated heterocycles. The molecule has 0 radical (unpaired) electrons. The van der Waals surface area contributed by atoms with Gasteiger partial charge in [-0.05, 0) is 36.4 Å². The van der Waals surface area contributed by atoms with Gasteiger partial charge >= 0.3 is 0 Å². The first-order chi connectivity index (χ1) is 16.5. The van der Waals surface area contributed by atoms with E-state index in [9.17, 15) is 14.7 Å². The van der Waals surface area contributed by atoms with Gasteiger partial charge in [-0.2, -0.15) is 0 Å². The van der Waals surface area contributed by atoms with Gasteiger partial charge in [0, 0.05) is 22.6 Å². The van der Waals surface area contributed by atoms with E-state index in [1.165, 1.54) is 12.0 Å². The van der Waals surface area contributed by atoms with Crippen LogP contribution in [-0.4, -0.2) is 23.7 Å². The Morgan fingerprint density at radius 2 is 1.94 bits per heavy atom. The number of furan rings is 1. The van der Waals surface area contributed by atoms with Crippen LogP contribution in [0.4, 0.5) is 0 Å². The third-order valence-corrected chi connectivity index (χ3v) is 6.00. The number of amides is 1. The number of fused-ring (bicyclic) bond motifs is 1. The van der Waals surface area contributed by atoms with Crippen LogP contribution in [0.1, 0.15) is 33.3 Å². The van der Waals surface area contributed by atoms with E-state index in [-0.39, 0.29) is 17.9 Å². The Kier molecular flexibility index (Phi) is 5.37. The molecule has 170 valence electrons. The fraction of sp³-hybridized carbons (Fsp3) is 0.148. The minimum atomic E-state index is -0.830. The van der Waals surface area contributed by atoms with Crippen molar-refractivity contribution in [1.82, 2.24) is 4.90 Å². The topological polar surface area (TPSA) is 97.0 Å². The highest BCUT2D eigenvalue weighted by atomic mass is 16.5. The standard InChI is InChI=1S/C27H22N2O5/c1-16-8-10-18(11-9-16)23-22(25(31)27(32)29(23)15-17-5-4-12-28-14-17)24(30)21-13-19-6-3-7-20(33-2)26(19)34-21/h3-14,23,31H,15H2,1-2H3. The summed E-state index contributed by atoms with van der Waals surface area (Å²) in [6.07, 6.45) is 3.52. The zero-order valence-electron chi connectivity index (χ0n) is 18.7. The van der Waals surface area contributed by atoms with E-state index >= 15 is 0 Å². The van der Waals surface area contributed by atoms with Crippen molar-refractivity contribution in [2.45, 2.75) is 19.5 Å². The van der Waals surface area contributed by atoms with Gasteiger partial charge in [-0.15, -0.1) is 0 Å². The number of pyridine rings is 1. The summed E-state index contributed by atoms with van der Waals surface area (Å²) in [7, 11) is 1.51. The fourth-order valence-electron chi connectivity index (χ4n) is 4.30. The van der Waals surface area contributed by atoms with Crippen molar-refractivity contribution in [2.75, 3.05) is 7.11 Å². The van der Waals surface area contributed by atoms with Crippen LogP contribution in [0.25, 0.3) is 11.0 Å². The highest BCUT2D eigenvalue weighted by molar-refractivity contribution is 6.15. The van der Waals surface area contributed by atoms with Crippen molar-refractivity contribution in [2.24, 2.45) is 0 Å². The lowest BCUT2D eigenvalue weighted by atomic mass is 9.94. The number of nitrogens with zero attached hydrogens (tertiary/aromatic N) is 1. The minimum Gasteiger partial charge on any atom is -0.868 e. The third-order valence-electron chi connectivity index (χ3n) is 6.00. The number of ether oxygens (including phenoxy) is 1. The molecule has 0 aliphatic carbocycles. The molecule has 3 heterocycles. The number of benzene rings is 2. The maximum absolute atomic E-state index is 13.6. The lowest BCUT2D eigenvalue weighted by Gasteiger charge is -2.27. The molecule has 7 heteroatoms. The Morgan fingerprint density at radius 3 is 2.65 bits per heavy atom. The van der Waals surface area contributed by atoms with E-state index in [1.807, 2.05) is 43.3 Å². The van der Waals surface area contributed by atoms with Crippen molar-refractivity contribution >= 4 is 22.7 Å². The van der Waals surface area contributed by atoms with Crippen LogP contribution in [-0.2, 0) is 11.3 Å². The zero-order valence-corrected chi connectivity index (χ0v) is 18.7. The number of Topliss-reactive ketones (excluding diaryl/α,β-unsaturated/α-hetero) is 1. The number of hydrogen-bond acceptors (Lipinski definition) is 5. The van der Waals surface area contributed by atoms with Gasteiger partial charge in [-0.1, -0.05) is 42.0 Å². The molecule has 0 spiro atoms. The summed E-state index contributed by atoms with van der Waals surface area (Å²) >= 11 is 0. The summed E-state index contributed by atoms with van der Waals surface area (Å²) in [6, 6.07) is 17.2. The second-order valence-electron chi connectivity index (χ2n) is 8.22. The summed E-state index contributed by atoms with van der Waals surface area (Å²) in [5, 5.41) is 13.9. The Labute approximate surface area is 195 Å². The van der Waals surface area contributed by atoms with Gasteiger partial charge in [-0.25, -0.2) is 4.98 Å². The second-order valence-corrected chi connectivity index (χ2v) is 8.22. The van der Waals surface area contributed by atoms with Gasteiger partial charge in [0.2, 0.25) is 11.7 Å². The summed E-state index contributed by atoms with van der Waals surface area (Å²) in [6.45, 7) is 2.12. The number of carbonyl (C=O) groups excluding carboxylic acids is 2. The minimum absolute atomic E-state index is 0.0114. The molecule has 1 amide bonds. The molecule has 1 N–H and O–H groups in total. The number of hydrogen-bond donors (Lipinski definition) is 0. The normalized spacial score (nSPS) is 15.9. The zero-order chi connectivity index (χ0) is 23.8. The molecule has 0 bridgehead atoms. The van der Waals surface area contributed by atoms with Gasteiger partial charge in [0.15, 0.2) is 29.5 Å². The SMILES string of the molecule is COc1cccc2cc(C(=O)C3=C([O-])C(=O)N(Cc4ccc[nH+]c4)C3c3ccc(C)cc3)oc12. The van der Waals surface area contributed by atoms with Crippen LogP contribution < -0.4 is 14.8 Å². The Morgan fingerprint density at radius 1 is 1.15 bits per heavy atom. The second kappa shape index (κ2) is 8.51. The molecule has 0 saturated carbocycles. The first kappa shape index (κ1) is 21.5. The summed E-state index contributed by atoms with van der Waals surface area (Å²) in [5.41, 5.74) is 2.81. The highest BCUT2D eigenvalue weighted by Gasteiger charge is 2.40. The number of ketones is 1. The molecular weight excluding hydrogens is 432 g/mol. The van der Waals surface area contributed by atoms with Gasteiger partial charge in [-0.3, -0.25) is 9.59 Å². The van der Waals surface area contributed by atoms with Crippen LogP contribution in [0.15, 0.2) is 88.8 Å². The predicted octanol–water partition coefficient (Wildman–Crippen LogP) is 3.14. The highest BCUT2D eigenvalue weighted by Crippen LogP contribution is 2.40. The molecular formula is C27H22N2O5. The van der Waals surface area contributed by atoms with E-state index in [0.717, 1.165) is 11.1 Å². The molecule has 1 aliphatic rings. The number of methoxy groups -OCH3 is 1. The van der Waals surface area contributed by atoms with E-state index in [2.05, 4.69) is 4.98 Å². The molecule has 1 aliphatic heterocycles. The number of carbonyl (C=O) groups is 2. The third kappa shape index (κ3) is 3.61. The number of H-pyrrole nitrogens is 1. The number of aromatic amines is 1. The average Bonchev–Trinajstić information content (AvgIpc) is 3.40. The molecule has 0 fully saturated rings. The van der Waals surface area contributed by atoms with Gasteiger partial charge in [0.05, 0.1) is 19.7 Å². The summed E-state index contributed by atoms with van der Waals surface area (Å²) < 4.78 is 11.1. The van der Waals surface area contributed by atoms with Gasteiger partial charge in [0.1, 0.15) is 0 Å². The Bertz CT molecular complexity index is 1420. The molecule has 34 heavy (non-hydrogen) atoms. The van der Waals surface area contributed by atoms with Gasteiger partial charge in [0.25, 0.3) is 0 Å². The smallest absolute Gasteiger partial charge is 0.240 e. The lowest BCUT2D eigenvalue weighted by molar-refractivity contribution is -0.378. The maximum Gasteiger partial charge on any atom is 0.240 e. The van der Waals surface area contributed by atoms with Crippen molar-refractivity contribution in [1.29, 1.82) is 0 Å². The van der Waals surface area contributed by atoms with E-state index in [1.54, 1.807) is 36.7 Å². The molecule has 1 unspecified atom stereocenters. The first-order valence-corrected chi connectivity index (χ1v) is 10.8. The lowest BCUT2D eigenvalue weighted by Crippen LogP contribution is -2.32. The Balaban J connectivity index is 1.60. The average molecular weight is 454 g/mol. The largest absolute Gasteiger partial charge is 0.868 e. The van der Waals surface area contributed by atoms with Crippen LogP contribution in [0.2, 0.25) is 0 Å². The van der Waals surface area contributed by atoms with Crippen molar-refractivity contribution in [3.63, 3.8) is 0 Å². The van der Waals surface area contributed by atoms with Crippen LogP contribution >= 0.6 is 0 Å². The van der Waals surface area contributed by atoms with Crippen LogP contribution in [0.3, 0.4) is 0 Å². The monoisotopic (exact) mass is 454 g/mol. The molecule has 5 rings (SSSR count). The van der Waals surface area contributed by atoms with E-state index < -0.39 is 23.5 Å². The molecule has 2 aromatic heterocycles. The molecule has 7 nitrogen and oxygen atoms in total. The predicted molar refractivity (Wildman–Crippen MR) is 122 cm³/mol. The quantitative estimate of drug-likeness (QED) is 0.417. The number of rotatable bonds is 6. The number of aryl methyl sites for hydroxylation is 1. The molecule has 2 aromatic carbocycles. The van der Waals surface area contributed by atoms with Crippen molar-refractivity contribution in [3.8, 4) is 5.75 Å². The number of para-hydroxylation sites is 1. The maximum atomic E-state index is 13.6. The number of aromatic nitrogens is 1. The summed E-state index contributed by atoms with van der Waals surface area (Å²) in [4.78, 5) is 31.2. The van der Waals surface area contributed by atoms with E-state index in [0.29, 0.717) is 22.3 Å². The van der Waals surface area contributed by atoms with Crippen molar-refractivity contribution < 1.29 is 28.8 Å². The van der Waals surface area contributed by atoms with E-state index in [4.69, 9.17) is 9.15 Å². The fourth-order valence-corrected chi connectivity index (χ4v) is 4.30. The molecule has 1 atom stereocenters. The van der Waals surface area contributed by atoms with Gasteiger partial charge < -0.3 is 19.2 Å². The van der Waals surface area contributed by atoms with Crippen LogP contribution in [0.5, 0.6) is 5.75 Å². The molecule has 4 aromatic rings. The Hall–Kier alpha value is -4.39. The number of nitrogens with one attached hydrogen (secondary N) is 1. The van der Waals surface area contributed by atoms with Crippen molar-refractivity contribution in [3.05, 3.63) is 107 Å². The summed E-state index contributed by atoms with van der Waals surface area (Å²) in [5.74, 6) is -1.67. The van der Waals surface area contributed by atoms with Crippen LogP contribution in [0, 0.1) is 6.92 Å².